The number of nitrogens with two attached hydrogens (primary N) is 1. The maximum absolute atomic E-state index is 12.6. The Morgan fingerprint density at radius 2 is 1.95 bits per heavy atom. The molecule has 1 rings (SSSR count). The summed E-state index contributed by atoms with van der Waals surface area (Å²) >= 11 is 0. The molecule has 0 aromatic heterocycles. The van der Waals surface area contributed by atoms with E-state index in [1.807, 2.05) is 43.0 Å². The number of carbonyl (C=O) groups excluding carboxylic acids is 1. The molecule has 0 heterocycles. The Kier molecular flexibility index (Phi) is 6.03. The first kappa shape index (κ1) is 15.7. The van der Waals surface area contributed by atoms with E-state index >= 15 is 0 Å². The average Bonchev–Trinajstić information content (AvgIpc) is 2.38. The summed E-state index contributed by atoms with van der Waals surface area (Å²) in [5.74, 6) is 0.542. The second kappa shape index (κ2) is 7.29. The molecule has 1 aromatic rings. The molecule has 0 saturated heterocycles. The molecule has 0 fully saturated rings. The van der Waals surface area contributed by atoms with Crippen LogP contribution in [0.3, 0.4) is 0 Å². The van der Waals surface area contributed by atoms with Crippen molar-refractivity contribution >= 4 is 11.6 Å². The van der Waals surface area contributed by atoms with Gasteiger partial charge < -0.3 is 10.6 Å². The molecule has 0 bridgehead atoms. The minimum Gasteiger partial charge on any atom is -0.330 e. The first-order valence-corrected chi connectivity index (χ1v) is 7.08. The first-order valence-electron chi connectivity index (χ1n) is 7.08. The summed E-state index contributed by atoms with van der Waals surface area (Å²) < 4.78 is 0. The van der Waals surface area contributed by atoms with Crippen LogP contribution in [0.2, 0.25) is 0 Å². The fraction of sp³-hybridized carbons (Fsp3) is 0.562. The Morgan fingerprint density at radius 3 is 2.42 bits per heavy atom. The van der Waals surface area contributed by atoms with Crippen molar-refractivity contribution in [1.82, 2.24) is 0 Å². The maximum atomic E-state index is 12.6. The van der Waals surface area contributed by atoms with Crippen LogP contribution < -0.4 is 10.6 Å². The number of rotatable bonds is 6. The number of benzene rings is 1. The van der Waals surface area contributed by atoms with Crippen molar-refractivity contribution in [1.29, 1.82) is 0 Å². The summed E-state index contributed by atoms with van der Waals surface area (Å²) in [7, 11) is 0. The number of aryl methyl sites for hydroxylation is 1. The van der Waals surface area contributed by atoms with Crippen LogP contribution in [0.1, 0.15) is 32.8 Å². The lowest BCUT2D eigenvalue weighted by Crippen LogP contribution is -2.40. The first-order chi connectivity index (χ1) is 9.01. The van der Waals surface area contributed by atoms with Crippen molar-refractivity contribution in [2.45, 2.75) is 34.1 Å². The molecule has 0 aliphatic rings. The molecule has 1 amide bonds. The van der Waals surface area contributed by atoms with Crippen LogP contribution in [-0.4, -0.2) is 19.0 Å². The van der Waals surface area contributed by atoms with Crippen LogP contribution in [-0.2, 0) is 4.79 Å². The largest absolute Gasteiger partial charge is 0.330 e. The Morgan fingerprint density at radius 1 is 1.32 bits per heavy atom. The van der Waals surface area contributed by atoms with Gasteiger partial charge in [-0.1, -0.05) is 32.0 Å². The van der Waals surface area contributed by atoms with Gasteiger partial charge in [-0.15, -0.1) is 0 Å². The molecule has 1 aromatic carbocycles. The summed E-state index contributed by atoms with van der Waals surface area (Å²) in [5, 5.41) is 0. The predicted octanol–water partition coefficient (Wildman–Crippen LogP) is 2.97. The highest BCUT2D eigenvalue weighted by molar-refractivity contribution is 5.95. The van der Waals surface area contributed by atoms with E-state index in [4.69, 9.17) is 5.73 Å². The van der Waals surface area contributed by atoms with Crippen LogP contribution in [0, 0.1) is 18.8 Å². The van der Waals surface area contributed by atoms with Gasteiger partial charge in [-0.2, -0.15) is 0 Å². The van der Waals surface area contributed by atoms with Crippen LogP contribution >= 0.6 is 0 Å². The molecular formula is C16H26N2O. The molecule has 0 radical (unpaired) electrons. The minimum atomic E-state index is -0.0837. The highest BCUT2D eigenvalue weighted by Crippen LogP contribution is 2.23. The summed E-state index contributed by atoms with van der Waals surface area (Å²) in [6.07, 6.45) is 0.845. The molecule has 1 unspecified atom stereocenters. The van der Waals surface area contributed by atoms with E-state index in [0.717, 1.165) is 17.7 Å². The highest BCUT2D eigenvalue weighted by Gasteiger charge is 2.24. The van der Waals surface area contributed by atoms with Gasteiger partial charge in [0.1, 0.15) is 0 Å². The zero-order valence-corrected chi connectivity index (χ0v) is 12.5. The van der Waals surface area contributed by atoms with Gasteiger partial charge >= 0.3 is 0 Å². The lowest BCUT2D eigenvalue weighted by Gasteiger charge is -2.27. The van der Waals surface area contributed by atoms with Crippen molar-refractivity contribution in [2.75, 3.05) is 18.0 Å². The number of amides is 1. The molecule has 3 heteroatoms. The van der Waals surface area contributed by atoms with Crippen molar-refractivity contribution < 1.29 is 4.79 Å². The van der Waals surface area contributed by atoms with Crippen molar-refractivity contribution in [3.8, 4) is 0 Å². The van der Waals surface area contributed by atoms with Gasteiger partial charge in [-0.3, -0.25) is 4.79 Å². The lowest BCUT2D eigenvalue weighted by atomic mass is 9.95. The summed E-state index contributed by atoms with van der Waals surface area (Å²) in [5.41, 5.74) is 7.90. The normalized spacial score (nSPS) is 12.5. The fourth-order valence-corrected chi connectivity index (χ4v) is 2.40. The van der Waals surface area contributed by atoms with Crippen LogP contribution in [0.25, 0.3) is 0 Å². The third-order valence-electron chi connectivity index (χ3n) is 3.38. The zero-order chi connectivity index (χ0) is 14.4. The SMILES string of the molecule is CCN(C(=O)C(CN)CC(C)C)c1ccccc1C. The van der Waals surface area contributed by atoms with Gasteiger partial charge in [-0.25, -0.2) is 0 Å². The molecular weight excluding hydrogens is 236 g/mol. The Bertz CT molecular complexity index is 415. The molecule has 0 saturated carbocycles. The smallest absolute Gasteiger partial charge is 0.231 e. The Hall–Kier alpha value is -1.35. The van der Waals surface area contributed by atoms with E-state index in [1.165, 1.54) is 0 Å². The molecule has 106 valence electrons. The summed E-state index contributed by atoms with van der Waals surface area (Å²) in [6, 6.07) is 7.99. The van der Waals surface area contributed by atoms with E-state index in [0.29, 0.717) is 19.0 Å². The molecule has 3 nitrogen and oxygen atoms in total. The lowest BCUT2D eigenvalue weighted by molar-refractivity contribution is -0.122. The fourth-order valence-electron chi connectivity index (χ4n) is 2.40. The van der Waals surface area contributed by atoms with Crippen molar-refractivity contribution in [3.05, 3.63) is 29.8 Å². The average molecular weight is 262 g/mol. The summed E-state index contributed by atoms with van der Waals surface area (Å²) in [4.78, 5) is 14.5. The van der Waals surface area contributed by atoms with Gasteiger partial charge in [0.25, 0.3) is 0 Å². The molecule has 0 spiro atoms. The predicted molar refractivity (Wildman–Crippen MR) is 81.2 cm³/mol. The Balaban J connectivity index is 2.96. The molecule has 1 atom stereocenters. The number of nitrogens with zero attached hydrogens (tertiary/aromatic N) is 1. The summed E-state index contributed by atoms with van der Waals surface area (Å²) in [6.45, 7) is 9.39. The molecule has 0 aliphatic heterocycles. The van der Waals surface area contributed by atoms with Crippen molar-refractivity contribution in [3.63, 3.8) is 0 Å². The second-order valence-electron chi connectivity index (χ2n) is 5.43. The molecule has 19 heavy (non-hydrogen) atoms. The quantitative estimate of drug-likeness (QED) is 0.856. The zero-order valence-electron chi connectivity index (χ0n) is 12.5. The van der Waals surface area contributed by atoms with Crippen LogP contribution in [0.4, 0.5) is 5.69 Å². The van der Waals surface area contributed by atoms with E-state index in [-0.39, 0.29) is 11.8 Å². The van der Waals surface area contributed by atoms with Gasteiger partial charge in [0.15, 0.2) is 0 Å². The van der Waals surface area contributed by atoms with E-state index in [2.05, 4.69) is 13.8 Å². The molecule has 0 aliphatic carbocycles. The number of para-hydroxylation sites is 1. The van der Waals surface area contributed by atoms with E-state index in [9.17, 15) is 4.79 Å². The minimum absolute atomic E-state index is 0.0837. The van der Waals surface area contributed by atoms with Gasteiger partial charge in [0.05, 0.1) is 5.92 Å². The molecule has 2 N–H and O–H groups in total. The second-order valence-corrected chi connectivity index (χ2v) is 5.43. The van der Waals surface area contributed by atoms with E-state index in [1.54, 1.807) is 0 Å². The van der Waals surface area contributed by atoms with Gasteiger partial charge in [-0.05, 0) is 37.8 Å². The number of hydrogen-bond acceptors (Lipinski definition) is 2. The Labute approximate surface area is 116 Å². The van der Waals surface area contributed by atoms with E-state index < -0.39 is 0 Å². The van der Waals surface area contributed by atoms with Gasteiger partial charge in [0.2, 0.25) is 5.91 Å². The third kappa shape index (κ3) is 4.06. The number of hydrogen-bond donors (Lipinski definition) is 1. The van der Waals surface area contributed by atoms with Crippen LogP contribution in [0.15, 0.2) is 24.3 Å². The number of anilines is 1. The van der Waals surface area contributed by atoms with Crippen LogP contribution in [0.5, 0.6) is 0 Å². The van der Waals surface area contributed by atoms with Gasteiger partial charge in [0, 0.05) is 18.8 Å². The monoisotopic (exact) mass is 262 g/mol. The standard InChI is InChI=1S/C16H26N2O/c1-5-18(15-9-7-6-8-13(15)4)16(19)14(11-17)10-12(2)3/h6-9,12,14H,5,10-11,17H2,1-4H3. The topological polar surface area (TPSA) is 46.3 Å². The number of carbonyl (C=O) groups is 1. The third-order valence-corrected chi connectivity index (χ3v) is 3.38. The highest BCUT2D eigenvalue weighted by atomic mass is 16.2. The van der Waals surface area contributed by atoms with Crippen molar-refractivity contribution in [2.24, 2.45) is 17.6 Å². The maximum Gasteiger partial charge on any atom is 0.231 e.